The monoisotopic (exact) mass is 394 g/mol. The van der Waals surface area contributed by atoms with Crippen LogP contribution in [0.25, 0.3) is 0 Å². The molecule has 1 heterocycles. The minimum Gasteiger partial charge on any atom is -0.452 e. The molecule has 0 radical (unpaired) electrons. The lowest BCUT2D eigenvalue weighted by molar-refractivity contribution is -0.119. The number of benzene rings is 2. The molecule has 0 spiro atoms. The van der Waals surface area contributed by atoms with E-state index in [2.05, 4.69) is 19.2 Å². The second-order valence-electron chi connectivity index (χ2n) is 7.25. The summed E-state index contributed by atoms with van der Waals surface area (Å²) in [5.41, 5.74) is 2.86. The maximum Gasteiger partial charge on any atom is 0.338 e. The molecular weight excluding hydrogens is 368 g/mol. The van der Waals surface area contributed by atoms with Gasteiger partial charge in [-0.1, -0.05) is 32.0 Å². The van der Waals surface area contributed by atoms with Gasteiger partial charge in [-0.15, -0.1) is 0 Å². The number of rotatable bonds is 7. The van der Waals surface area contributed by atoms with E-state index < -0.39 is 11.9 Å². The number of anilines is 2. The molecule has 6 nitrogen and oxygen atoms in total. The summed E-state index contributed by atoms with van der Waals surface area (Å²) < 4.78 is 5.13. The summed E-state index contributed by atoms with van der Waals surface area (Å²) in [6, 6.07) is 14.4. The fourth-order valence-electron chi connectivity index (χ4n) is 3.26. The Morgan fingerprint density at radius 2 is 1.93 bits per heavy atom. The molecule has 1 saturated heterocycles. The zero-order valence-corrected chi connectivity index (χ0v) is 16.8. The lowest BCUT2D eigenvalue weighted by Gasteiger charge is -2.16. The first-order valence-corrected chi connectivity index (χ1v) is 9.95. The van der Waals surface area contributed by atoms with E-state index in [0.717, 1.165) is 12.8 Å². The number of hydrogen-bond acceptors (Lipinski definition) is 4. The molecular formula is C23H26N2O4. The second-order valence-corrected chi connectivity index (χ2v) is 7.25. The van der Waals surface area contributed by atoms with Crippen LogP contribution in [0.5, 0.6) is 0 Å². The van der Waals surface area contributed by atoms with Crippen LogP contribution in [0.3, 0.4) is 0 Å². The fraction of sp³-hybridized carbons (Fsp3) is 0.348. The first kappa shape index (κ1) is 20.6. The van der Waals surface area contributed by atoms with Gasteiger partial charge in [0.25, 0.3) is 5.91 Å². The highest BCUT2D eigenvalue weighted by Crippen LogP contribution is 2.23. The summed E-state index contributed by atoms with van der Waals surface area (Å²) >= 11 is 0. The quantitative estimate of drug-likeness (QED) is 0.717. The average Bonchev–Trinajstić information content (AvgIpc) is 3.18. The third-order valence-electron chi connectivity index (χ3n) is 5.18. The van der Waals surface area contributed by atoms with Crippen LogP contribution in [0, 0.1) is 0 Å². The van der Waals surface area contributed by atoms with Crippen LogP contribution < -0.4 is 10.2 Å². The molecule has 0 bridgehead atoms. The van der Waals surface area contributed by atoms with Crippen molar-refractivity contribution in [2.75, 3.05) is 23.4 Å². The van der Waals surface area contributed by atoms with E-state index in [9.17, 15) is 14.4 Å². The largest absolute Gasteiger partial charge is 0.452 e. The summed E-state index contributed by atoms with van der Waals surface area (Å²) in [5, 5.41) is 2.73. The number of carbonyl (C=O) groups is 3. The van der Waals surface area contributed by atoms with Crippen molar-refractivity contribution in [3.8, 4) is 0 Å². The molecule has 0 saturated carbocycles. The van der Waals surface area contributed by atoms with Gasteiger partial charge in [-0.3, -0.25) is 9.59 Å². The second kappa shape index (κ2) is 9.37. The van der Waals surface area contributed by atoms with Gasteiger partial charge in [-0.25, -0.2) is 4.79 Å². The first-order valence-electron chi connectivity index (χ1n) is 9.95. The molecule has 2 amide bonds. The van der Waals surface area contributed by atoms with Crippen molar-refractivity contribution in [1.29, 1.82) is 0 Å². The highest BCUT2D eigenvalue weighted by molar-refractivity contribution is 5.98. The Hall–Kier alpha value is -3.15. The van der Waals surface area contributed by atoms with Gasteiger partial charge in [-0.2, -0.15) is 0 Å². The van der Waals surface area contributed by atoms with Crippen molar-refractivity contribution in [3.05, 3.63) is 59.7 Å². The zero-order valence-electron chi connectivity index (χ0n) is 16.8. The number of nitrogens with one attached hydrogen (secondary N) is 1. The molecule has 6 heteroatoms. The Morgan fingerprint density at radius 3 is 2.59 bits per heavy atom. The molecule has 1 aliphatic rings. The van der Waals surface area contributed by atoms with Crippen LogP contribution in [-0.4, -0.2) is 30.9 Å². The van der Waals surface area contributed by atoms with E-state index in [1.54, 1.807) is 29.2 Å². The van der Waals surface area contributed by atoms with Gasteiger partial charge < -0.3 is 15.0 Å². The Kier molecular flexibility index (Phi) is 6.65. The van der Waals surface area contributed by atoms with Crippen molar-refractivity contribution in [3.63, 3.8) is 0 Å². The minimum atomic E-state index is -0.597. The Labute approximate surface area is 170 Å². The molecule has 0 aliphatic carbocycles. The number of esters is 1. The van der Waals surface area contributed by atoms with E-state index in [0.29, 0.717) is 35.8 Å². The smallest absolute Gasteiger partial charge is 0.338 e. The van der Waals surface area contributed by atoms with Crippen molar-refractivity contribution in [1.82, 2.24) is 0 Å². The average molecular weight is 394 g/mol. The lowest BCUT2D eigenvalue weighted by Crippen LogP contribution is -2.24. The molecule has 29 heavy (non-hydrogen) atoms. The number of nitrogens with zero attached hydrogens (tertiary/aromatic N) is 1. The van der Waals surface area contributed by atoms with E-state index in [4.69, 9.17) is 4.74 Å². The summed E-state index contributed by atoms with van der Waals surface area (Å²) in [6.07, 6.45) is 2.38. The standard InChI is InChI=1S/C23H26N2O4/c1-3-16(2)17-9-11-19(12-10-17)24-21(26)15-29-23(28)18-6-4-7-20(14-18)25-13-5-8-22(25)27/h4,6-7,9-12,14,16H,3,5,8,13,15H2,1-2H3,(H,24,26)/t16-/m1/s1. The van der Waals surface area contributed by atoms with Crippen LogP contribution in [0.4, 0.5) is 11.4 Å². The van der Waals surface area contributed by atoms with E-state index >= 15 is 0 Å². The SMILES string of the molecule is CC[C@@H](C)c1ccc(NC(=O)COC(=O)c2cccc(N3CCCC3=O)c2)cc1. The maximum atomic E-state index is 12.3. The molecule has 0 aromatic heterocycles. The van der Waals surface area contributed by atoms with Crippen LogP contribution in [-0.2, 0) is 14.3 Å². The van der Waals surface area contributed by atoms with Crippen molar-refractivity contribution < 1.29 is 19.1 Å². The predicted molar refractivity (Wildman–Crippen MR) is 112 cm³/mol. The first-order chi connectivity index (χ1) is 14.0. The number of hydrogen-bond donors (Lipinski definition) is 1. The summed E-state index contributed by atoms with van der Waals surface area (Å²) in [7, 11) is 0. The highest BCUT2D eigenvalue weighted by atomic mass is 16.5. The van der Waals surface area contributed by atoms with Gasteiger partial charge >= 0.3 is 5.97 Å². The van der Waals surface area contributed by atoms with Gasteiger partial charge in [-0.05, 0) is 54.7 Å². The summed E-state index contributed by atoms with van der Waals surface area (Å²) in [6.45, 7) is 4.56. The summed E-state index contributed by atoms with van der Waals surface area (Å²) in [5.74, 6) is -0.483. The number of amides is 2. The Balaban J connectivity index is 1.54. The molecule has 0 unspecified atom stereocenters. The molecule has 1 N–H and O–H groups in total. The van der Waals surface area contributed by atoms with Crippen LogP contribution in [0.1, 0.15) is 54.9 Å². The molecule has 2 aromatic rings. The number of ether oxygens (including phenoxy) is 1. The predicted octanol–water partition coefficient (Wildman–Crippen LogP) is 4.12. The van der Waals surface area contributed by atoms with Crippen LogP contribution in [0.15, 0.2) is 48.5 Å². The molecule has 1 atom stereocenters. The normalized spacial score (nSPS) is 14.6. The van der Waals surface area contributed by atoms with Crippen LogP contribution in [0.2, 0.25) is 0 Å². The topological polar surface area (TPSA) is 75.7 Å². The Bertz CT molecular complexity index is 892. The van der Waals surface area contributed by atoms with E-state index in [1.165, 1.54) is 5.56 Å². The lowest BCUT2D eigenvalue weighted by atomic mass is 9.99. The molecule has 1 fully saturated rings. The Morgan fingerprint density at radius 1 is 1.17 bits per heavy atom. The molecule has 2 aromatic carbocycles. The highest BCUT2D eigenvalue weighted by Gasteiger charge is 2.22. The maximum absolute atomic E-state index is 12.3. The van der Waals surface area contributed by atoms with Gasteiger partial charge in [0.1, 0.15) is 0 Å². The molecule has 3 rings (SSSR count). The summed E-state index contributed by atoms with van der Waals surface area (Å²) in [4.78, 5) is 37.9. The van der Waals surface area contributed by atoms with Crippen molar-refractivity contribution in [2.24, 2.45) is 0 Å². The van der Waals surface area contributed by atoms with Crippen molar-refractivity contribution in [2.45, 2.75) is 39.0 Å². The van der Waals surface area contributed by atoms with Crippen molar-refractivity contribution >= 4 is 29.2 Å². The fourth-order valence-corrected chi connectivity index (χ4v) is 3.26. The number of carbonyl (C=O) groups excluding carboxylic acids is 3. The van der Waals surface area contributed by atoms with Gasteiger partial charge in [0.2, 0.25) is 5.91 Å². The molecule has 152 valence electrons. The van der Waals surface area contributed by atoms with Crippen LogP contribution >= 0.6 is 0 Å². The third-order valence-corrected chi connectivity index (χ3v) is 5.18. The van der Waals surface area contributed by atoms with Gasteiger partial charge in [0.05, 0.1) is 5.56 Å². The molecule has 1 aliphatic heterocycles. The van der Waals surface area contributed by atoms with E-state index in [-0.39, 0.29) is 12.5 Å². The minimum absolute atomic E-state index is 0.0502. The van der Waals surface area contributed by atoms with Gasteiger partial charge in [0, 0.05) is 24.3 Å². The third kappa shape index (κ3) is 5.22. The van der Waals surface area contributed by atoms with Gasteiger partial charge in [0.15, 0.2) is 6.61 Å². The zero-order chi connectivity index (χ0) is 20.8. The van der Waals surface area contributed by atoms with E-state index in [1.807, 2.05) is 24.3 Å².